The van der Waals surface area contributed by atoms with Crippen LogP contribution in [-0.2, 0) is 23.5 Å². The Bertz CT molecular complexity index is 725. The van der Waals surface area contributed by atoms with Crippen molar-refractivity contribution in [3.63, 3.8) is 0 Å². The molecule has 1 heterocycles. The number of nitrogens with zero attached hydrogens (tertiary/aromatic N) is 2. The van der Waals surface area contributed by atoms with Crippen LogP contribution in [0.25, 0.3) is 0 Å². The fourth-order valence-corrected chi connectivity index (χ4v) is 3.17. The Morgan fingerprint density at radius 1 is 1.38 bits per heavy atom. The third kappa shape index (κ3) is 3.53. The number of nitrogens with one attached hydrogen (secondary N) is 1. The zero-order valence-electron chi connectivity index (χ0n) is 11.9. The number of methoxy groups -OCH3 is 1. The first-order chi connectivity index (χ1) is 9.94. The third-order valence-corrected chi connectivity index (χ3v) is 4.56. The van der Waals surface area contributed by atoms with E-state index in [-0.39, 0.29) is 17.2 Å². The van der Waals surface area contributed by atoms with Crippen LogP contribution in [-0.4, -0.2) is 31.9 Å². The van der Waals surface area contributed by atoms with Gasteiger partial charge in [0.1, 0.15) is 10.6 Å². The Kier molecular flexibility index (Phi) is 4.49. The molecule has 0 unspecified atom stereocenters. The molecular formula is C13H18N4O3S. The van der Waals surface area contributed by atoms with Crippen LogP contribution in [0.4, 0.5) is 5.69 Å². The van der Waals surface area contributed by atoms with E-state index in [1.807, 2.05) is 13.1 Å². The SMILES string of the molecule is COc1ccc(N)cc1S(=O)(=O)NCCc1ccnn1C. The van der Waals surface area contributed by atoms with Crippen molar-refractivity contribution in [2.24, 2.45) is 7.05 Å². The molecule has 0 amide bonds. The summed E-state index contributed by atoms with van der Waals surface area (Å²) in [6, 6.07) is 6.35. The molecular weight excluding hydrogens is 292 g/mol. The average Bonchev–Trinajstić information content (AvgIpc) is 2.84. The lowest BCUT2D eigenvalue weighted by atomic mass is 10.3. The minimum atomic E-state index is -3.68. The van der Waals surface area contributed by atoms with Crippen LogP contribution in [0, 0.1) is 0 Å². The molecule has 0 fully saturated rings. The van der Waals surface area contributed by atoms with E-state index in [1.165, 1.54) is 19.2 Å². The zero-order chi connectivity index (χ0) is 15.5. The predicted octanol–water partition coefficient (Wildman–Crippen LogP) is 0.532. The second-order valence-corrected chi connectivity index (χ2v) is 6.24. The molecule has 3 N–H and O–H groups in total. The molecule has 0 atom stereocenters. The van der Waals surface area contributed by atoms with Crippen molar-refractivity contribution in [1.29, 1.82) is 0 Å². The van der Waals surface area contributed by atoms with Gasteiger partial charge in [-0.1, -0.05) is 0 Å². The number of sulfonamides is 1. The summed E-state index contributed by atoms with van der Waals surface area (Å²) in [4.78, 5) is 0.0370. The van der Waals surface area contributed by atoms with Crippen LogP contribution in [0.2, 0.25) is 0 Å². The monoisotopic (exact) mass is 310 g/mol. The molecule has 0 aliphatic rings. The molecule has 0 aliphatic carbocycles. The quantitative estimate of drug-likeness (QED) is 0.758. The normalized spacial score (nSPS) is 11.5. The van der Waals surface area contributed by atoms with Crippen LogP contribution in [0.1, 0.15) is 5.69 Å². The number of nitrogens with two attached hydrogens (primary N) is 1. The van der Waals surface area contributed by atoms with Crippen LogP contribution in [0.3, 0.4) is 0 Å². The number of nitrogen functional groups attached to an aromatic ring is 1. The Balaban J connectivity index is 2.12. The van der Waals surface area contributed by atoms with Crippen LogP contribution < -0.4 is 15.2 Å². The van der Waals surface area contributed by atoms with E-state index in [0.717, 1.165) is 5.69 Å². The van der Waals surface area contributed by atoms with Gasteiger partial charge >= 0.3 is 0 Å². The lowest BCUT2D eigenvalue weighted by Crippen LogP contribution is -2.27. The van der Waals surface area contributed by atoms with Gasteiger partial charge < -0.3 is 10.5 Å². The van der Waals surface area contributed by atoms with Gasteiger partial charge in [0.05, 0.1) is 7.11 Å². The molecule has 21 heavy (non-hydrogen) atoms. The number of rotatable bonds is 6. The van der Waals surface area contributed by atoms with Crippen LogP contribution in [0.15, 0.2) is 35.4 Å². The molecule has 2 rings (SSSR count). The molecule has 1 aromatic carbocycles. The maximum absolute atomic E-state index is 12.3. The van der Waals surface area contributed by atoms with Crippen molar-refractivity contribution in [2.45, 2.75) is 11.3 Å². The van der Waals surface area contributed by atoms with E-state index in [1.54, 1.807) is 16.9 Å². The second kappa shape index (κ2) is 6.15. The van der Waals surface area contributed by atoms with E-state index in [9.17, 15) is 8.42 Å². The predicted molar refractivity (Wildman–Crippen MR) is 79.5 cm³/mol. The van der Waals surface area contributed by atoms with Gasteiger partial charge in [-0.2, -0.15) is 5.10 Å². The lowest BCUT2D eigenvalue weighted by molar-refractivity contribution is 0.402. The molecule has 0 saturated heterocycles. The first kappa shape index (κ1) is 15.3. The smallest absolute Gasteiger partial charge is 0.244 e. The summed E-state index contributed by atoms with van der Waals surface area (Å²) in [5.74, 6) is 0.261. The Labute approximate surface area is 123 Å². The largest absolute Gasteiger partial charge is 0.495 e. The standard InChI is InChI=1S/C13H18N4O3S/c1-17-11(5-7-15-17)6-8-16-21(18,19)13-9-10(14)3-4-12(13)20-2/h3-5,7,9,16H,6,8,14H2,1-2H3. The fraction of sp³-hybridized carbons (Fsp3) is 0.308. The maximum Gasteiger partial charge on any atom is 0.244 e. The van der Waals surface area contributed by atoms with Gasteiger partial charge in [-0.25, -0.2) is 13.1 Å². The molecule has 1 aromatic heterocycles. The third-order valence-electron chi connectivity index (χ3n) is 3.07. The lowest BCUT2D eigenvalue weighted by Gasteiger charge is -2.11. The average molecular weight is 310 g/mol. The highest BCUT2D eigenvalue weighted by molar-refractivity contribution is 7.89. The Hall–Kier alpha value is -2.06. The van der Waals surface area contributed by atoms with E-state index < -0.39 is 10.0 Å². The Morgan fingerprint density at radius 2 is 2.14 bits per heavy atom. The van der Waals surface area contributed by atoms with E-state index in [4.69, 9.17) is 10.5 Å². The molecule has 8 heteroatoms. The van der Waals surface area contributed by atoms with Crippen molar-refractivity contribution in [3.05, 3.63) is 36.2 Å². The highest BCUT2D eigenvalue weighted by atomic mass is 32.2. The van der Waals surface area contributed by atoms with Crippen LogP contribution >= 0.6 is 0 Å². The molecule has 2 aromatic rings. The van der Waals surface area contributed by atoms with Crippen molar-refractivity contribution in [2.75, 3.05) is 19.4 Å². The first-order valence-corrected chi connectivity index (χ1v) is 7.82. The maximum atomic E-state index is 12.3. The van der Waals surface area contributed by atoms with Gasteiger partial charge in [-0.15, -0.1) is 0 Å². The number of hydrogen-bond acceptors (Lipinski definition) is 5. The fourth-order valence-electron chi connectivity index (χ4n) is 1.94. The number of benzene rings is 1. The number of hydrogen-bond donors (Lipinski definition) is 2. The van der Waals surface area contributed by atoms with Gasteiger partial charge in [0, 0.05) is 37.6 Å². The molecule has 0 aliphatic heterocycles. The van der Waals surface area contributed by atoms with Gasteiger partial charge in [0.15, 0.2) is 0 Å². The summed E-state index contributed by atoms with van der Waals surface area (Å²) in [5, 5.41) is 4.03. The molecule has 0 spiro atoms. The number of aryl methyl sites for hydroxylation is 1. The summed E-state index contributed by atoms with van der Waals surface area (Å²) in [5.41, 5.74) is 6.95. The summed E-state index contributed by atoms with van der Waals surface area (Å²) in [7, 11) is -0.449. The minimum absolute atomic E-state index is 0.0370. The van der Waals surface area contributed by atoms with Crippen molar-refractivity contribution < 1.29 is 13.2 Å². The topological polar surface area (TPSA) is 99.2 Å². The summed E-state index contributed by atoms with van der Waals surface area (Å²) in [6.45, 7) is 0.264. The number of anilines is 1. The summed E-state index contributed by atoms with van der Waals surface area (Å²) >= 11 is 0. The van der Waals surface area contributed by atoms with E-state index in [0.29, 0.717) is 12.1 Å². The van der Waals surface area contributed by atoms with Crippen molar-refractivity contribution in [3.8, 4) is 5.75 Å². The highest BCUT2D eigenvalue weighted by Crippen LogP contribution is 2.25. The zero-order valence-corrected chi connectivity index (χ0v) is 12.7. The minimum Gasteiger partial charge on any atom is -0.495 e. The van der Waals surface area contributed by atoms with Gasteiger partial charge in [0.2, 0.25) is 10.0 Å². The van der Waals surface area contributed by atoms with Gasteiger partial charge in [-0.3, -0.25) is 4.68 Å². The molecule has 0 saturated carbocycles. The van der Waals surface area contributed by atoms with Gasteiger partial charge in [-0.05, 0) is 24.3 Å². The highest BCUT2D eigenvalue weighted by Gasteiger charge is 2.19. The van der Waals surface area contributed by atoms with E-state index >= 15 is 0 Å². The molecule has 0 bridgehead atoms. The molecule has 114 valence electrons. The first-order valence-electron chi connectivity index (χ1n) is 6.34. The second-order valence-electron chi connectivity index (χ2n) is 4.50. The summed E-state index contributed by atoms with van der Waals surface area (Å²) in [6.07, 6.45) is 2.21. The van der Waals surface area contributed by atoms with Crippen LogP contribution in [0.5, 0.6) is 5.75 Å². The Morgan fingerprint density at radius 3 is 2.76 bits per heavy atom. The number of ether oxygens (including phenoxy) is 1. The molecule has 7 nitrogen and oxygen atoms in total. The van der Waals surface area contributed by atoms with E-state index in [2.05, 4.69) is 9.82 Å². The number of aromatic nitrogens is 2. The van der Waals surface area contributed by atoms with Crippen molar-refractivity contribution in [1.82, 2.24) is 14.5 Å². The summed E-state index contributed by atoms with van der Waals surface area (Å²) < 4.78 is 33.9. The van der Waals surface area contributed by atoms with Crippen molar-refractivity contribution >= 4 is 15.7 Å². The van der Waals surface area contributed by atoms with Gasteiger partial charge in [0.25, 0.3) is 0 Å². The molecule has 0 radical (unpaired) electrons.